The first-order chi connectivity index (χ1) is 10.8. The van der Waals surface area contributed by atoms with Crippen LogP contribution in [-0.2, 0) is 4.74 Å². The van der Waals surface area contributed by atoms with Crippen molar-refractivity contribution in [1.29, 1.82) is 0 Å². The van der Waals surface area contributed by atoms with Crippen molar-refractivity contribution in [2.75, 3.05) is 25.0 Å². The molecule has 0 unspecified atom stereocenters. The van der Waals surface area contributed by atoms with Crippen molar-refractivity contribution in [1.82, 2.24) is 10.6 Å². The van der Waals surface area contributed by atoms with E-state index in [1.165, 1.54) is 0 Å². The second-order valence-corrected chi connectivity index (χ2v) is 5.74. The van der Waals surface area contributed by atoms with Gasteiger partial charge >= 0.3 is 12.1 Å². The van der Waals surface area contributed by atoms with Crippen molar-refractivity contribution in [3.8, 4) is 5.75 Å². The molecule has 0 heterocycles. The van der Waals surface area contributed by atoms with E-state index in [0.29, 0.717) is 18.0 Å². The highest BCUT2D eigenvalue weighted by atomic mass is 16.6. The van der Waals surface area contributed by atoms with Crippen LogP contribution in [0.15, 0.2) is 24.3 Å². The number of anilines is 1. The predicted molar refractivity (Wildman–Crippen MR) is 88.9 cm³/mol. The molecule has 1 aromatic carbocycles. The van der Waals surface area contributed by atoms with Crippen molar-refractivity contribution in [2.24, 2.45) is 0 Å². The Hall–Kier alpha value is -2.44. The average Bonchev–Trinajstić information content (AvgIpc) is 2.44. The summed E-state index contributed by atoms with van der Waals surface area (Å²) in [6, 6.07) is 6.80. The molecule has 0 fully saturated rings. The van der Waals surface area contributed by atoms with Crippen LogP contribution in [0.2, 0.25) is 0 Å². The number of amides is 3. The van der Waals surface area contributed by atoms with E-state index < -0.39 is 11.7 Å². The molecule has 3 N–H and O–H groups in total. The summed E-state index contributed by atoms with van der Waals surface area (Å²) in [5.74, 6) is 0.608. The lowest BCUT2D eigenvalue weighted by molar-refractivity contribution is 0.0528. The molecule has 7 heteroatoms. The third-order valence-electron chi connectivity index (χ3n) is 2.51. The van der Waals surface area contributed by atoms with E-state index in [4.69, 9.17) is 9.47 Å². The summed E-state index contributed by atoms with van der Waals surface area (Å²) in [4.78, 5) is 23.3. The van der Waals surface area contributed by atoms with Gasteiger partial charge in [-0.25, -0.2) is 9.59 Å². The molecule has 1 rings (SSSR count). The first-order valence-corrected chi connectivity index (χ1v) is 7.55. The van der Waals surface area contributed by atoms with Gasteiger partial charge in [-0.3, -0.25) is 0 Å². The maximum Gasteiger partial charge on any atom is 0.407 e. The topological polar surface area (TPSA) is 88.7 Å². The number of ether oxygens (including phenoxy) is 2. The third-order valence-corrected chi connectivity index (χ3v) is 2.51. The smallest absolute Gasteiger partial charge is 0.407 e. The van der Waals surface area contributed by atoms with E-state index in [1.807, 2.05) is 19.1 Å². The minimum absolute atomic E-state index is 0.273. The Morgan fingerprint density at radius 2 is 1.74 bits per heavy atom. The standard InChI is InChI=1S/C16H25N3O4/c1-5-22-13-9-7-6-8-12(13)19-14(20)17-10-11-18-15(21)23-16(2,3)4/h6-9H,5,10-11H2,1-4H3,(H,18,21)(H2,17,19,20). The number of benzene rings is 1. The van der Waals surface area contributed by atoms with E-state index in [2.05, 4.69) is 16.0 Å². The van der Waals surface area contributed by atoms with Crippen LogP contribution < -0.4 is 20.7 Å². The fourth-order valence-corrected chi connectivity index (χ4v) is 1.67. The van der Waals surface area contributed by atoms with Gasteiger partial charge < -0.3 is 25.4 Å². The van der Waals surface area contributed by atoms with Gasteiger partial charge in [-0.2, -0.15) is 0 Å². The highest BCUT2D eigenvalue weighted by Crippen LogP contribution is 2.23. The fourth-order valence-electron chi connectivity index (χ4n) is 1.67. The van der Waals surface area contributed by atoms with Gasteiger partial charge in [0.1, 0.15) is 11.4 Å². The summed E-state index contributed by atoms with van der Waals surface area (Å²) in [6.45, 7) is 8.30. The Balaban J connectivity index is 2.31. The lowest BCUT2D eigenvalue weighted by Gasteiger charge is -2.19. The minimum atomic E-state index is -0.544. The third kappa shape index (κ3) is 7.94. The molecular formula is C16H25N3O4. The Bertz CT molecular complexity index is 526. The number of urea groups is 1. The molecule has 0 aliphatic heterocycles. The number of hydrogen-bond donors (Lipinski definition) is 3. The molecular weight excluding hydrogens is 298 g/mol. The number of carbonyl (C=O) groups is 2. The van der Waals surface area contributed by atoms with E-state index in [-0.39, 0.29) is 19.1 Å². The average molecular weight is 323 g/mol. The maximum absolute atomic E-state index is 11.8. The highest BCUT2D eigenvalue weighted by molar-refractivity contribution is 5.90. The van der Waals surface area contributed by atoms with Gasteiger partial charge in [-0.05, 0) is 39.8 Å². The van der Waals surface area contributed by atoms with Crippen LogP contribution in [0.25, 0.3) is 0 Å². The molecule has 3 amide bonds. The summed E-state index contributed by atoms with van der Waals surface area (Å²) in [5, 5.41) is 7.91. The fraction of sp³-hybridized carbons (Fsp3) is 0.500. The van der Waals surface area contributed by atoms with Gasteiger partial charge in [0.05, 0.1) is 12.3 Å². The SMILES string of the molecule is CCOc1ccccc1NC(=O)NCCNC(=O)OC(C)(C)C. The van der Waals surface area contributed by atoms with E-state index >= 15 is 0 Å². The quantitative estimate of drug-likeness (QED) is 0.702. The van der Waals surface area contributed by atoms with Crippen LogP contribution in [0.1, 0.15) is 27.7 Å². The Morgan fingerprint density at radius 3 is 2.39 bits per heavy atom. The number of rotatable bonds is 6. The van der Waals surface area contributed by atoms with E-state index in [0.717, 1.165) is 0 Å². The normalized spacial score (nSPS) is 10.6. The molecule has 23 heavy (non-hydrogen) atoms. The van der Waals surface area contributed by atoms with Gasteiger partial charge in [0.15, 0.2) is 0 Å². The first-order valence-electron chi connectivity index (χ1n) is 7.55. The van der Waals surface area contributed by atoms with Crippen molar-refractivity contribution >= 4 is 17.8 Å². The maximum atomic E-state index is 11.8. The molecule has 7 nitrogen and oxygen atoms in total. The molecule has 0 aromatic heterocycles. The van der Waals surface area contributed by atoms with Crippen LogP contribution in [0.4, 0.5) is 15.3 Å². The van der Waals surface area contributed by atoms with Crippen molar-refractivity contribution in [3.63, 3.8) is 0 Å². The van der Waals surface area contributed by atoms with Crippen LogP contribution >= 0.6 is 0 Å². The molecule has 0 aliphatic carbocycles. The lowest BCUT2D eigenvalue weighted by atomic mass is 10.2. The van der Waals surface area contributed by atoms with Gasteiger partial charge in [-0.15, -0.1) is 0 Å². The summed E-state index contributed by atoms with van der Waals surface area (Å²) in [6.07, 6.45) is -0.513. The summed E-state index contributed by atoms with van der Waals surface area (Å²) >= 11 is 0. The number of nitrogens with one attached hydrogen (secondary N) is 3. The summed E-state index contributed by atoms with van der Waals surface area (Å²) in [7, 11) is 0. The van der Waals surface area contributed by atoms with Gasteiger partial charge in [0.2, 0.25) is 0 Å². The molecule has 0 saturated carbocycles. The largest absolute Gasteiger partial charge is 0.492 e. The predicted octanol–water partition coefficient (Wildman–Crippen LogP) is 2.73. The zero-order valence-corrected chi connectivity index (χ0v) is 14.1. The Kier molecular flexibility index (Phi) is 7.18. The molecule has 0 atom stereocenters. The molecule has 0 saturated heterocycles. The van der Waals surface area contributed by atoms with Crippen LogP contribution in [-0.4, -0.2) is 37.4 Å². The molecule has 0 radical (unpaired) electrons. The Morgan fingerprint density at radius 1 is 1.09 bits per heavy atom. The minimum Gasteiger partial charge on any atom is -0.492 e. The van der Waals surface area contributed by atoms with Gasteiger partial charge in [-0.1, -0.05) is 12.1 Å². The molecule has 128 valence electrons. The van der Waals surface area contributed by atoms with Crippen LogP contribution in [0.5, 0.6) is 5.75 Å². The van der Waals surface area contributed by atoms with Gasteiger partial charge in [0.25, 0.3) is 0 Å². The second kappa shape index (κ2) is 8.87. The van der Waals surface area contributed by atoms with Crippen molar-refractivity contribution in [3.05, 3.63) is 24.3 Å². The van der Waals surface area contributed by atoms with Crippen LogP contribution in [0, 0.1) is 0 Å². The molecule has 0 spiro atoms. The zero-order chi connectivity index (χ0) is 17.3. The number of carbonyl (C=O) groups excluding carboxylic acids is 2. The van der Waals surface area contributed by atoms with Gasteiger partial charge in [0, 0.05) is 13.1 Å². The number of alkyl carbamates (subject to hydrolysis) is 1. The van der Waals surface area contributed by atoms with Crippen molar-refractivity contribution < 1.29 is 19.1 Å². The Labute approximate surface area is 136 Å². The molecule has 1 aromatic rings. The van der Waals surface area contributed by atoms with Crippen LogP contribution in [0.3, 0.4) is 0 Å². The zero-order valence-electron chi connectivity index (χ0n) is 14.1. The summed E-state index contributed by atoms with van der Waals surface area (Å²) in [5.41, 5.74) is 0.0460. The monoisotopic (exact) mass is 323 g/mol. The number of hydrogen-bond acceptors (Lipinski definition) is 4. The molecule has 0 aliphatic rings. The first kappa shape index (κ1) is 18.6. The van der Waals surface area contributed by atoms with E-state index in [1.54, 1.807) is 32.9 Å². The second-order valence-electron chi connectivity index (χ2n) is 5.74. The summed E-state index contributed by atoms with van der Waals surface area (Å²) < 4.78 is 10.5. The highest BCUT2D eigenvalue weighted by Gasteiger charge is 2.15. The molecule has 0 bridgehead atoms. The number of para-hydroxylation sites is 2. The van der Waals surface area contributed by atoms with Crippen molar-refractivity contribution in [2.45, 2.75) is 33.3 Å². The lowest BCUT2D eigenvalue weighted by Crippen LogP contribution is -2.39. The van der Waals surface area contributed by atoms with E-state index in [9.17, 15) is 9.59 Å².